The molecular formula is C22H17FN2O3S2. The van der Waals surface area contributed by atoms with Crippen LogP contribution in [0.1, 0.15) is 32.5 Å². The number of hydrogen-bond acceptors (Lipinski definition) is 6. The zero-order valence-corrected chi connectivity index (χ0v) is 17.8. The number of fused-ring (bicyclic) bond motifs is 1. The van der Waals surface area contributed by atoms with E-state index in [4.69, 9.17) is 4.74 Å². The fourth-order valence-corrected chi connectivity index (χ4v) is 5.24. The maximum atomic E-state index is 13.2. The SMILES string of the molecule is CCOC(=O)c1sc(NC(=O)c2ccc(F)cc2)c(-c2nc3ccccc3s2)c1C. The molecule has 0 spiro atoms. The average Bonchev–Trinajstić information content (AvgIpc) is 3.29. The Hall–Kier alpha value is -3.10. The normalized spacial score (nSPS) is 10.9. The summed E-state index contributed by atoms with van der Waals surface area (Å²) < 4.78 is 19.4. The molecule has 0 aliphatic carbocycles. The summed E-state index contributed by atoms with van der Waals surface area (Å²) in [6.45, 7) is 3.81. The Morgan fingerprint density at radius 3 is 2.53 bits per heavy atom. The molecule has 0 saturated heterocycles. The number of carbonyl (C=O) groups is 2. The van der Waals surface area contributed by atoms with Crippen molar-refractivity contribution in [2.45, 2.75) is 13.8 Å². The largest absolute Gasteiger partial charge is 0.462 e. The molecule has 1 amide bonds. The monoisotopic (exact) mass is 440 g/mol. The van der Waals surface area contributed by atoms with Gasteiger partial charge in [-0.1, -0.05) is 12.1 Å². The van der Waals surface area contributed by atoms with E-state index in [1.807, 2.05) is 31.2 Å². The summed E-state index contributed by atoms with van der Waals surface area (Å²) in [6.07, 6.45) is 0. The molecule has 0 aliphatic heterocycles. The highest BCUT2D eigenvalue weighted by Gasteiger charge is 2.25. The van der Waals surface area contributed by atoms with E-state index in [2.05, 4.69) is 10.3 Å². The molecule has 0 atom stereocenters. The van der Waals surface area contributed by atoms with E-state index in [9.17, 15) is 14.0 Å². The van der Waals surface area contributed by atoms with E-state index >= 15 is 0 Å². The van der Waals surface area contributed by atoms with Crippen LogP contribution in [-0.4, -0.2) is 23.5 Å². The van der Waals surface area contributed by atoms with Gasteiger partial charge in [-0.15, -0.1) is 22.7 Å². The van der Waals surface area contributed by atoms with Crippen LogP contribution in [0.25, 0.3) is 20.8 Å². The molecule has 30 heavy (non-hydrogen) atoms. The minimum atomic E-state index is -0.440. The molecule has 2 aromatic carbocycles. The number of rotatable bonds is 5. The first-order valence-electron chi connectivity index (χ1n) is 9.21. The van der Waals surface area contributed by atoms with Crippen molar-refractivity contribution in [1.82, 2.24) is 4.98 Å². The number of amides is 1. The van der Waals surface area contributed by atoms with Crippen molar-refractivity contribution >= 4 is 49.8 Å². The summed E-state index contributed by atoms with van der Waals surface area (Å²) in [6, 6.07) is 13.0. The fourth-order valence-electron chi connectivity index (χ4n) is 3.01. The van der Waals surface area contributed by atoms with Crippen LogP contribution in [-0.2, 0) is 4.74 Å². The number of nitrogens with zero attached hydrogens (tertiary/aromatic N) is 1. The van der Waals surface area contributed by atoms with Crippen LogP contribution in [0.3, 0.4) is 0 Å². The molecule has 0 radical (unpaired) electrons. The fraction of sp³-hybridized carbons (Fsp3) is 0.136. The Bertz CT molecular complexity index is 1210. The first kappa shape index (κ1) is 20.2. The molecule has 152 valence electrons. The van der Waals surface area contributed by atoms with E-state index in [-0.39, 0.29) is 6.61 Å². The van der Waals surface area contributed by atoms with Gasteiger partial charge in [-0.2, -0.15) is 0 Å². The third-order valence-electron chi connectivity index (χ3n) is 4.45. The van der Waals surface area contributed by atoms with Crippen LogP contribution in [0.5, 0.6) is 0 Å². The van der Waals surface area contributed by atoms with Gasteiger partial charge in [0.05, 0.1) is 16.8 Å². The lowest BCUT2D eigenvalue weighted by molar-refractivity contribution is 0.0531. The number of hydrogen-bond donors (Lipinski definition) is 1. The minimum Gasteiger partial charge on any atom is -0.462 e. The van der Waals surface area contributed by atoms with Crippen molar-refractivity contribution in [3.63, 3.8) is 0 Å². The molecule has 4 aromatic rings. The highest BCUT2D eigenvalue weighted by molar-refractivity contribution is 7.23. The zero-order chi connectivity index (χ0) is 21.3. The lowest BCUT2D eigenvalue weighted by Crippen LogP contribution is -2.11. The standard InChI is InChI=1S/C22H17FN2O3S2/c1-3-28-22(27)18-12(2)17(20-24-15-6-4-5-7-16(15)29-20)21(30-18)25-19(26)13-8-10-14(23)11-9-13/h4-11H,3H2,1-2H3,(H,25,26). The van der Waals surface area contributed by atoms with Gasteiger partial charge in [-0.25, -0.2) is 14.2 Å². The van der Waals surface area contributed by atoms with E-state index < -0.39 is 17.7 Å². The number of carbonyl (C=O) groups excluding carboxylic acids is 2. The Morgan fingerprint density at radius 2 is 1.83 bits per heavy atom. The van der Waals surface area contributed by atoms with Gasteiger partial charge in [0.2, 0.25) is 0 Å². The van der Waals surface area contributed by atoms with Gasteiger partial charge in [0, 0.05) is 11.1 Å². The summed E-state index contributed by atoms with van der Waals surface area (Å²) in [5.74, 6) is -1.25. The average molecular weight is 441 g/mol. The molecule has 1 N–H and O–H groups in total. The Morgan fingerprint density at radius 1 is 1.10 bits per heavy atom. The van der Waals surface area contributed by atoms with Gasteiger partial charge in [-0.05, 0) is 55.8 Å². The molecule has 0 unspecified atom stereocenters. The Labute approximate surface area is 180 Å². The van der Waals surface area contributed by atoms with Crippen LogP contribution in [0.4, 0.5) is 9.39 Å². The second-order valence-electron chi connectivity index (χ2n) is 6.43. The van der Waals surface area contributed by atoms with Crippen molar-refractivity contribution in [1.29, 1.82) is 0 Å². The Balaban J connectivity index is 1.79. The van der Waals surface area contributed by atoms with E-state index in [1.165, 1.54) is 35.6 Å². The molecule has 8 heteroatoms. The number of aromatic nitrogens is 1. The molecule has 0 saturated carbocycles. The molecule has 2 heterocycles. The summed E-state index contributed by atoms with van der Waals surface area (Å²) in [5.41, 5.74) is 2.55. The molecule has 0 aliphatic rings. The number of anilines is 1. The number of nitrogens with one attached hydrogen (secondary N) is 1. The zero-order valence-electron chi connectivity index (χ0n) is 16.2. The maximum absolute atomic E-state index is 13.2. The smallest absolute Gasteiger partial charge is 0.348 e. The second-order valence-corrected chi connectivity index (χ2v) is 8.48. The number of esters is 1. The van der Waals surface area contributed by atoms with E-state index in [0.29, 0.717) is 31.6 Å². The number of ether oxygens (including phenoxy) is 1. The van der Waals surface area contributed by atoms with E-state index in [0.717, 1.165) is 21.6 Å². The van der Waals surface area contributed by atoms with Crippen LogP contribution in [0.15, 0.2) is 48.5 Å². The first-order valence-corrected chi connectivity index (χ1v) is 10.8. The van der Waals surface area contributed by atoms with Crippen molar-refractivity contribution in [2.24, 2.45) is 0 Å². The lowest BCUT2D eigenvalue weighted by atomic mass is 10.1. The highest BCUT2D eigenvalue weighted by Crippen LogP contribution is 2.43. The molecule has 4 rings (SSSR count). The van der Waals surface area contributed by atoms with Gasteiger partial charge < -0.3 is 10.1 Å². The maximum Gasteiger partial charge on any atom is 0.348 e. The number of thiazole rings is 1. The topological polar surface area (TPSA) is 68.3 Å². The van der Waals surface area contributed by atoms with Gasteiger partial charge >= 0.3 is 5.97 Å². The van der Waals surface area contributed by atoms with Gasteiger partial charge in [0.25, 0.3) is 5.91 Å². The number of thiophene rings is 1. The van der Waals surface area contributed by atoms with Gasteiger partial charge in [-0.3, -0.25) is 4.79 Å². The minimum absolute atomic E-state index is 0.254. The van der Waals surface area contributed by atoms with Gasteiger partial charge in [0.15, 0.2) is 0 Å². The third kappa shape index (κ3) is 3.83. The predicted octanol–water partition coefficient (Wildman–Crippen LogP) is 5.90. The highest BCUT2D eigenvalue weighted by atomic mass is 32.1. The quantitative estimate of drug-likeness (QED) is 0.392. The Kier molecular flexibility index (Phi) is 5.61. The van der Waals surface area contributed by atoms with Crippen LogP contribution in [0, 0.1) is 12.7 Å². The van der Waals surface area contributed by atoms with Crippen LogP contribution >= 0.6 is 22.7 Å². The molecule has 0 bridgehead atoms. The van der Waals surface area contributed by atoms with Crippen LogP contribution < -0.4 is 5.32 Å². The van der Waals surface area contributed by atoms with Crippen LogP contribution in [0.2, 0.25) is 0 Å². The number of para-hydroxylation sites is 1. The van der Waals surface area contributed by atoms with Crippen molar-refractivity contribution in [3.8, 4) is 10.6 Å². The summed E-state index contributed by atoms with van der Waals surface area (Å²) >= 11 is 2.64. The summed E-state index contributed by atoms with van der Waals surface area (Å²) in [7, 11) is 0. The van der Waals surface area contributed by atoms with E-state index in [1.54, 1.807) is 6.92 Å². The molecule has 2 aromatic heterocycles. The molecule has 0 fully saturated rings. The summed E-state index contributed by atoms with van der Waals surface area (Å²) in [5, 5.41) is 4.07. The lowest BCUT2D eigenvalue weighted by Gasteiger charge is -2.06. The molecule has 5 nitrogen and oxygen atoms in total. The second kappa shape index (κ2) is 8.33. The predicted molar refractivity (Wildman–Crippen MR) is 118 cm³/mol. The number of benzene rings is 2. The van der Waals surface area contributed by atoms with Crippen molar-refractivity contribution in [3.05, 3.63) is 70.4 Å². The summed E-state index contributed by atoms with van der Waals surface area (Å²) in [4.78, 5) is 30.3. The number of halogens is 1. The first-order chi connectivity index (χ1) is 14.5. The van der Waals surface area contributed by atoms with Crippen molar-refractivity contribution in [2.75, 3.05) is 11.9 Å². The third-order valence-corrected chi connectivity index (χ3v) is 6.69. The van der Waals surface area contributed by atoms with Crippen molar-refractivity contribution < 1.29 is 18.7 Å². The molecular weight excluding hydrogens is 423 g/mol. The van der Waals surface area contributed by atoms with Gasteiger partial charge in [0.1, 0.15) is 20.7 Å².